The molecule has 1 heterocycles. The predicted molar refractivity (Wildman–Crippen MR) is 85.8 cm³/mol. The third-order valence-corrected chi connectivity index (χ3v) is 5.09. The Bertz CT molecular complexity index is 600. The Morgan fingerprint density at radius 1 is 1.05 bits per heavy atom. The van der Waals surface area contributed by atoms with Gasteiger partial charge in [0.05, 0.1) is 7.85 Å². The van der Waals surface area contributed by atoms with Gasteiger partial charge in [-0.2, -0.15) is 11.3 Å². The lowest BCUT2D eigenvalue weighted by Gasteiger charge is -2.27. The standard InChI is InChI=1S/C16H15B2FS/c17-12-4-1-10(2-5-12)13-6-3-11(9-14(13)19)15-7-8-16(18)20-15/h3,6-10,12H,1-2,4-5H2. The molecule has 0 unspecified atom stereocenters. The van der Waals surface area contributed by atoms with E-state index < -0.39 is 0 Å². The normalized spacial score (nSPS) is 22.9. The minimum absolute atomic E-state index is 0.102. The van der Waals surface area contributed by atoms with E-state index in [2.05, 4.69) is 0 Å². The van der Waals surface area contributed by atoms with Crippen LogP contribution in [-0.4, -0.2) is 15.7 Å². The maximum Gasteiger partial charge on any atom is 0.128 e. The highest BCUT2D eigenvalue weighted by molar-refractivity contribution is 7.23. The molecule has 98 valence electrons. The van der Waals surface area contributed by atoms with Gasteiger partial charge in [-0.15, -0.1) is 0 Å². The van der Waals surface area contributed by atoms with Crippen LogP contribution in [-0.2, 0) is 0 Å². The minimum atomic E-state index is -0.102. The lowest BCUT2D eigenvalue weighted by atomic mass is 9.70. The highest BCUT2D eigenvalue weighted by atomic mass is 32.1. The summed E-state index contributed by atoms with van der Waals surface area (Å²) < 4.78 is 15.1. The molecule has 0 aliphatic heterocycles. The van der Waals surface area contributed by atoms with E-state index in [1.54, 1.807) is 6.07 Å². The molecule has 4 heteroatoms. The van der Waals surface area contributed by atoms with Gasteiger partial charge in [-0.3, -0.25) is 0 Å². The van der Waals surface area contributed by atoms with E-state index in [0.29, 0.717) is 11.7 Å². The number of thiophene rings is 1. The van der Waals surface area contributed by atoms with Crippen molar-refractivity contribution >= 4 is 31.8 Å². The molecule has 0 N–H and O–H groups in total. The molecule has 0 spiro atoms. The third-order valence-electron chi connectivity index (χ3n) is 4.12. The smallest absolute Gasteiger partial charge is 0.128 e. The van der Waals surface area contributed by atoms with E-state index in [9.17, 15) is 4.39 Å². The van der Waals surface area contributed by atoms with Gasteiger partial charge in [0.25, 0.3) is 0 Å². The predicted octanol–water partition coefficient (Wildman–Crippen LogP) is 3.96. The van der Waals surface area contributed by atoms with Gasteiger partial charge in [-0.1, -0.05) is 36.9 Å². The number of rotatable bonds is 2. The largest absolute Gasteiger partial charge is 0.207 e. The molecular weight excluding hydrogens is 265 g/mol. The van der Waals surface area contributed by atoms with Gasteiger partial charge in [0.1, 0.15) is 13.7 Å². The second-order valence-corrected chi connectivity index (χ2v) is 6.67. The Kier molecular flexibility index (Phi) is 4.02. The van der Waals surface area contributed by atoms with Crippen LogP contribution in [0.1, 0.15) is 37.2 Å². The van der Waals surface area contributed by atoms with Crippen LogP contribution >= 0.6 is 11.3 Å². The van der Waals surface area contributed by atoms with Crippen molar-refractivity contribution < 1.29 is 4.39 Å². The highest BCUT2D eigenvalue weighted by Gasteiger charge is 2.22. The summed E-state index contributed by atoms with van der Waals surface area (Å²) in [6.45, 7) is 0. The Morgan fingerprint density at radius 2 is 1.80 bits per heavy atom. The monoisotopic (exact) mass is 280 g/mol. The van der Waals surface area contributed by atoms with E-state index in [1.165, 1.54) is 11.3 Å². The molecule has 0 bridgehead atoms. The van der Waals surface area contributed by atoms with Gasteiger partial charge in [0, 0.05) is 4.88 Å². The molecule has 0 amide bonds. The van der Waals surface area contributed by atoms with Crippen molar-refractivity contribution in [2.24, 2.45) is 0 Å². The van der Waals surface area contributed by atoms with Crippen molar-refractivity contribution in [3.63, 3.8) is 0 Å². The van der Waals surface area contributed by atoms with Crippen LogP contribution in [0.15, 0.2) is 30.3 Å². The molecule has 0 atom stereocenters. The second kappa shape index (κ2) is 5.77. The average Bonchev–Trinajstić information content (AvgIpc) is 2.87. The highest BCUT2D eigenvalue weighted by Crippen LogP contribution is 2.39. The van der Waals surface area contributed by atoms with E-state index in [4.69, 9.17) is 15.7 Å². The molecule has 1 fully saturated rings. The molecule has 1 aliphatic rings. The van der Waals surface area contributed by atoms with Gasteiger partial charge in [-0.05, 0) is 46.8 Å². The van der Waals surface area contributed by atoms with E-state index in [1.807, 2.05) is 24.3 Å². The first-order valence-electron chi connectivity index (χ1n) is 7.04. The average molecular weight is 280 g/mol. The van der Waals surface area contributed by atoms with Crippen molar-refractivity contribution in [2.75, 3.05) is 0 Å². The van der Waals surface area contributed by atoms with Gasteiger partial charge >= 0.3 is 0 Å². The Morgan fingerprint density at radius 3 is 2.40 bits per heavy atom. The molecule has 1 aliphatic carbocycles. The zero-order valence-corrected chi connectivity index (χ0v) is 12.1. The molecule has 1 aromatic carbocycles. The van der Waals surface area contributed by atoms with E-state index >= 15 is 0 Å². The molecular formula is C16H15B2FS. The number of benzene rings is 1. The summed E-state index contributed by atoms with van der Waals surface area (Å²) >= 11 is 1.49. The van der Waals surface area contributed by atoms with Crippen LogP contribution in [0.3, 0.4) is 0 Å². The van der Waals surface area contributed by atoms with Gasteiger partial charge in [-0.25, -0.2) is 4.39 Å². The SMILES string of the molecule is [B]c1ccc(-c2ccc(C3CCC([B])CC3)c(F)c2)s1. The molecule has 0 nitrogen and oxygen atoms in total. The molecule has 1 aromatic heterocycles. The Hall–Kier alpha value is -1.02. The maximum atomic E-state index is 14.4. The summed E-state index contributed by atoms with van der Waals surface area (Å²) in [6, 6.07) is 9.36. The number of hydrogen-bond acceptors (Lipinski definition) is 1. The summed E-state index contributed by atoms with van der Waals surface area (Å²) in [5.74, 6) is 0.509. The van der Waals surface area contributed by atoms with Gasteiger partial charge in [0.2, 0.25) is 0 Å². The van der Waals surface area contributed by atoms with Crippen LogP contribution < -0.4 is 4.78 Å². The van der Waals surface area contributed by atoms with Crippen LogP contribution in [0.2, 0.25) is 5.82 Å². The zero-order chi connectivity index (χ0) is 14.1. The first-order valence-corrected chi connectivity index (χ1v) is 7.86. The first kappa shape index (κ1) is 13.9. The van der Waals surface area contributed by atoms with Gasteiger partial charge in [0.15, 0.2) is 0 Å². The number of hydrogen-bond donors (Lipinski definition) is 0. The molecule has 4 radical (unpaired) electrons. The van der Waals surface area contributed by atoms with Crippen molar-refractivity contribution in [3.05, 3.63) is 41.7 Å². The maximum absolute atomic E-state index is 14.4. The molecule has 2 aromatic rings. The topological polar surface area (TPSA) is 0 Å². The van der Waals surface area contributed by atoms with Crippen molar-refractivity contribution in [2.45, 2.75) is 37.4 Å². The fraction of sp³-hybridized carbons (Fsp3) is 0.375. The Labute approximate surface area is 126 Å². The van der Waals surface area contributed by atoms with Crippen LogP contribution in [0, 0.1) is 5.82 Å². The molecule has 1 saturated carbocycles. The first-order chi connectivity index (χ1) is 9.63. The van der Waals surface area contributed by atoms with Crippen molar-refractivity contribution in [1.29, 1.82) is 0 Å². The molecule has 3 rings (SSSR count). The molecule has 20 heavy (non-hydrogen) atoms. The summed E-state index contributed by atoms with van der Waals surface area (Å²) in [5, 5.41) is 0. The summed E-state index contributed by atoms with van der Waals surface area (Å²) in [6.07, 6.45) is 3.97. The molecule has 0 saturated heterocycles. The quantitative estimate of drug-likeness (QED) is 0.730. The van der Waals surface area contributed by atoms with Crippen LogP contribution in [0.4, 0.5) is 4.39 Å². The van der Waals surface area contributed by atoms with Crippen LogP contribution in [0.5, 0.6) is 0 Å². The van der Waals surface area contributed by atoms with Crippen LogP contribution in [0.25, 0.3) is 10.4 Å². The van der Waals surface area contributed by atoms with E-state index in [0.717, 1.165) is 46.5 Å². The van der Waals surface area contributed by atoms with Gasteiger partial charge < -0.3 is 0 Å². The summed E-state index contributed by atoms with van der Waals surface area (Å²) in [4.78, 5) is 1.01. The van der Waals surface area contributed by atoms with E-state index in [-0.39, 0.29) is 5.82 Å². The fourth-order valence-corrected chi connectivity index (χ4v) is 3.72. The fourth-order valence-electron chi connectivity index (χ4n) is 2.95. The summed E-state index contributed by atoms with van der Waals surface area (Å²) in [7, 11) is 11.6. The third kappa shape index (κ3) is 2.85. The zero-order valence-electron chi connectivity index (χ0n) is 11.3. The lowest BCUT2D eigenvalue weighted by Crippen LogP contribution is -2.11. The Balaban J connectivity index is 1.84. The summed E-state index contributed by atoms with van der Waals surface area (Å²) in [5.41, 5.74) is 1.74. The lowest BCUT2D eigenvalue weighted by molar-refractivity contribution is 0.430. The number of halogens is 1. The van der Waals surface area contributed by atoms with Crippen molar-refractivity contribution in [3.8, 4) is 10.4 Å². The second-order valence-electron chi connectivity index (χ2n) is 5.55. The minimum Gasteiger partial charge on any atom is -0.207 e. The van der Waals surface area contributed by atoms with Crippen molar-refractivity contribution in [1.82, 2.24) is 0 Å².